The summed E-state index contributed by atoms with van der Waals surface area (Å²) >= 11 is 1.01. The van der Waals surface area contributed by atoms with E-state index >= 15 is 0 Å². The maximum Gasteiger partial charge on any atom is 0.316 e. The van der Waals surface area contributed by atoms with Crippen LogP contribution in [0, 0.1) is 11.8 Å². The summed E-state index contributed by atoms with van der Waals surface area (Å²) in [4.78, 5) is 60.1. The fourth-order valence-electron chi connectivity index (χ4n) is 7.02. The maximum absolute atomic E-state index is 14.2. The molecule has 1 amide bonds. The van der Waals surface area contributed by atoms with Gasteiger partial charge < -0.3 is 35.1 Å². The zero-order chi connectivity index (χ0) is 33.9. The van der Waals surface area contributed by atoms with Crippen molar-refractivity contribution in [3.63, 3.8) is 0 Å². The monoisotopic (exact) mass is 662 g/mol. The number of nitrogens with two attached hydrogens (primary N) is 1. The Labute approximate surface area is 273 Å². The second-order valence-electron chi connectivity index (χ2n) is 12.4. The summed E-state index contributed by atoms with van der Waals surface area (Å²) in [5, 5.41) is 35.0. The van der Waals surface area contributed by atoms with E-state index in [0.717, 1.165) is 17.3 Å². The number of likely N-dealkylation sites (N-methyl/N-ethyl adjacent to an activating group) is 1. The van der Waals surface area contributed by atoms with Gasteiger partial charge in [0.1, 0.15) is 35.0 Å². The molecule has 4 atom stereocenters. The van der Waals surface area contributed by atoms with E-state index in [1.165, 1.54) is 4.90 Å². The Hall–Kier alpha value is -4.66. The van der Waals surface area contributed by atoms with E-state index in [-0.39, 0.29) is 47.1 Å². The van der Waals surface area contributed by atoms with Crippen LogP contribution in [0.25, 0.3) is 16.9 Å². The molecule has 0 spiro atoms. The lowest BCUT2D eigenvalue weighted by Gasteiger charge is -2.50. The van der Waals surface area contributed by atoms with Crippen LogP contribution in [-0.2, 0) is 36.9 Å². The Morgan fingerprint density at radius 1 is 1.15 bits per heavy atom. The fraction of sp³-hybridized carbons (Fsp3) is 0.364. The third-order valence-corrected chi connectivity index (χ3v) is 9.90. The average molecular weight is 663 g/mol. The van der Waals surface area contributed by atoms with Crippen molar-refractivity contribution in [1.29, 1.82) is 0 Å². The Morgan fingerprint density at radius 3 is 2.49 bits per heavy atom. The van der Waals surface area contributed by atoms with Crippen LogP contribution in [0.3, 0.4) is 0 Å². The number of esters is 1. The zero-order valence-electron chi connectivity index (χ0n) is 26.1. The van der Waals surface area contributed by atoms with Gasteiger partial charge >= 0.3 is 5.97 Å². The van der Waals surface area contributed by atoms with Gasteiger partial charge in [0.25, 0.3) is 11.1 Å². The first kappa shape index (κ1) is 32.3. The number of ketones is 2. The number of rotatable bonds is 8. The zero-order valence-corrected chi connectivity index (χ0v) is 27.0. The van der Waals surface area contributed by atoms with Crippen molar-refractivity contribution in [2.75, 3.05) is 38.8 Å². The molecule has 3 aromatic rings. The van der Waals surface area contributed by atoms with Gasteiger partial charge in [-0.15, -0.1) is 0 Å². The highest BCUT2D eigenvalue weighted by Gasteiger charge is 2.64. The lowest BCUT2D eigenvalue weighted by atomic mass is 9.57. The number of anilines is 1. The number of hydrogen-bond donors (Lipinski definition) is 4. The van der Waals surface area contributed by atoms with Gasteiger partial charge in [-0.2, -0.15) is 0 Å². The summed E-state index contributed by atoms with van der Waals surface area (Å²) in [7, 11) is 6.77. The molecule has 6 rings (SSSR count). The van der Waals surface area contributed by atoms with Gasteiger partial charge in [-0.3, -0.25) is 24.1 Å². The second-order valence-corrected chi connectivity index (χ2v) is 13.3. The number of benzene rings is 2. The van der Waals surface area contributed by atoms with E-state index in [1.54, 1.807) is 20.2 Å². The molecule has 3 aliphatic rings. The van der Waals surface area contributed by atoms with Crippen LogP contribution >= 0.6 is 11.8 Å². The molecule has 14 heteroatoms. The Balaban J connectivity index is 1.40. The van der Waals surface area contributed by atoms with Crippen LogP contribution in [0.1, 0.15) is 23.1 Å². The second kappa shape index (κ2) is 11.9. The van der Waals surface area contributed by atoms with E-state index in [9.17, 15) is 34.5 Å². The molecular formula is C33H34N4O9S. The number of aliphatic hydroxyl groups is 3. The number of carbonyl (C=O) groups is 4. The molecule has 0 aliphatic heterocycles. The molecule has 1 aromatic heterocycles. The first-order chi connectivity index (χ1) is 22.2. The third-order valence-electron chi connectivity index (χ3n) is 9.10. The number of hydrogen-bond acceptors (Lipinski definition) is 13. The Kier molecular flexibility index (Phi) is 8.14. The van der Waals surface area contributed by atoms with Crippen molar-refractivity contribution >= 4 is 57.8 Å². The van der Waals surface area contributed by atoms with E-state index in [2.05, 4.69) is 4.98 Å². The van der Waals surface area contributed by atoms with E-state index < -0.39 is 64.0 Å². The lowest BCUT2D eigenvalue weighted by Crippen LogP contribution is -2.65. The topological polar surface area (TPSA) is 197 Å². The minimum absolute atomic E-state index is 0.0271. The normalized spacial score (nSPS) is 23.9. The van der Waals surface area contributed by atoms with Crippen molar-refractivity contribution in [3.05, 3.63) is 70.0 Å². The van der Waals surface area contributed by atoms with Crippen LogP contribution in [0.4, 0.5) is 5.69 Å². The number of fused-ring (bicyclic) bond motifs is 5. The Morgan fingerprint density at radius 2 is 1.85 bits per heavy atom. The number of carbonyl (C=O) groups excluding carboxylic acids is 4. The van der Waals surface area contributed by atoms with Gasteiger partial charge in [-0.1, -0.05) is 42.1 Å². The van der Waals surface area contributed by atoms with Crippen LogP contribution in [-0.4, -0.2) is 94.2 Å². The van der Waals surface area contributed by atoms with Crippen molar-refractivity contribution in [1.82, 2.24) is 9.88 Å². The number of aliphatic hydroxyl groups excluding tert-OH is 2. The van der Waals surface area contributed by atoms with Crippen molar-refractivity contribution < 1.29 is 43.7 Å². The number of amides is 1. The maximum atomic E-state index is 14.2. The number of nitrogens with zero attached hydrogens (tertiary/aromatic N) is 3. The highest BCUT2D eigenvalue weighted by molar-refractivity contribution is 7.99. The molecule has 0 saturated heterocycles. The van der Waals surface area contributed by atoms with Crippen molar-refractivity contribution in [3.8, 4) is 0 Å². The number of thioether (sulfide) groups is 1. The molecule has 0 radical (unpaired) electrons. The number of aromatic nitrogens is 1. The number of primary amides is 1. The summed E-state index contributed by atoms with van der Waals surface area (Å²) < 4.78 is 11.4. The molecule has 47 heavy (non-hydrogen) atoms. The van der Waals surface area contributed by atoms with Gasteiger partial charge in [0.2, 0.25) is 5.78 Å². The largest absolute Gasteiger partial charge is 0.508 e. The minimum atomic E-state index is -2.69. The van der Waals surface area contributed by atoms with Crippen molar-refractivity contribution in [2.24, 2.45) is 17.6 Å². The quantitative estimate of drug-likeness (QED) is 0.156. The fourth-order valence-corrected chi connectivity index (χ4v) is 7.65. The summed E-state index contributed by atoms with van der Waals surface area (Å²) in [6, 6.07) is 9.89. The van der Waals surface area contributed by atoms with E-state index in [0.29, 0.717) is 16.8 Å². The summed E-state index contributed by atoms with van der Waals surface area (Å²) in [5.74, 6) is -7.04. The molecular weight excluding hydrogens is 628 g/mol. The van der Waals surface area contributed by atoms with Gasteiger partial charge in [-0.25, -0.2) is 4.98 Å². The number of Topliss-reactive ketones (excluding diaryl/α,β-unsaturated/α-hetero) is 2. The standard InChI is InChI=1S/C33H34N4O9S/c1-36(2)20-12-19-28(46-32(35-19)47-14-21(38)45-13-15-8-6-5-7-9-15)23-17(20)10-16-11-18-25(37(3)4)27(40)24(31(34)43)30(42)33(18,44)29(41)22(16)26(23)39/h5-9,12,16,18,25,39,42,44H,10-11,13-14H2,1-4H3,(H2,34,43)/t16?,18-,25-,33-/m0/s1. The first-order valence-corrected chi connectivity index (χ1v) is 15.8. The van der Waals surface area contributed by atoms with Crippen LogP contribution < -0.4 is 10.6 Å². The average Bonchev–Trinajstić information content (AvgIpc) is 3.43. The predicted molar refractivity (Wildman–Crippen MR) is 171 cm³/mol. The molecule has 246 valence electrons. The molecule has 3 aliphatic carbocycles. The smallest absolute Gasteiger partial charge is 0.316 e. The van der Waals surface area contributed by atoms with Crippen LogP contribution in [0.5, 0.6) is 0 Å². The number of oxazole rings is 1. The first-order valence-electron chi connectivity index (χ1n) is 14.9. The predicted octanol–water partition coefficient (Wildman–Crippen LogP) is 2.30. The van der Waals surface area contributed by atoms with Gasteiger partial charge in [-0.05, 0) is 50.0 Å². The van der Waals surface area contributed by atoms with Crippen LogP contribution in [0.2, 0.25) is 0 Å². The molecule has 2 aromatic carbocycles. The molecule has 1 unspecified atom stereocenters. The minimum Gasteiger partial charge on any atom is -0.508 e. The van der Waals surface area contributed by atoms with Crippen molar-refractivity contribution in [2.45, 2.75) is 36.3 Å². The van der Waals surface area contributed by atoms with Gasteiger partial charge in [0.05, 0.1) is 11.6 Å². The number of ether oxygens (including phenoxy) is 1. The Bertz CT molecular complexity index is 1900. The molecule has 5 N–H and O–H groups in total. The molecule has 0 bridgehead atoms. The summed E-state index contributed by atoms with van der Waals surface area (Å²) in [6.45, 7) is 0.118. The molecule has 13 nitrogen and oxygen atoms in total. The van der Waals surface area contributed by atoms with Gasteiger partial charge in [0.15, 0.2) is 17.0 Å². The van der Waals surface area contributed by atoms with Crippen LogP contribution in [0.15, 0.2) is 62.9 Å². The lowest BCUT2D eigenvalue weighted by molar-refractivity contribution is -0.153. The van der Waals surface area contributed by atoms with E-state index in [1.807, 2.05) is 49.3 Å². The molecule has 1 heterocycles. The summed E-state index contributed by atoms with van der Waals surface area (Å²) in [6.07, 6.45) is 0.256. The summed E-state index contributed by atoms with van der Waals surface area (Å²) in [5.41, 5.74) is 4.63. The molecule has 1 saturated carbocycles. The van der Waals surface area contributed by atoms with E-state index in [4.69, 9.17) is 14.9 Å². The molecule has 1 fully saturated rings. The third kappa shape index (κ3) is 5.16. The highest BCUT2D eigenvalue weighted by atomic mass is 32.2. The highest BCUT2D eigenvalue weighted by Crippen LogP contribution is 2.53. The SMILES string of the molecule is CN(C)c1cc2nc(SCC(=O)OCc3ccccc3)oc2c2c1CC1C[C@H]3[C@H](N(C)C)C(=O)C(C(N)=O)=C(O)[C@@]3(O)C(=O)C1=C2O. The van der Waals surface area contributed by atoms with Gasteiger partial charge in [0, 0.05) is 31.3 Å².